The highest BCUT2D eigenvalue weighted by Gasteiger charge is 2.23. The Bertz CT molecular complexity index is 728. The van der Waals surface area contributed by atoms with Gasteiger partial charge >= 0.3 is 6.03 Å². The van der Waals surface area contributed by atoms with Gasteiger partial charge in [0.15, 0.2) is 0 Å². The molecule has 1 aromatic heterocycles. The third-order valence-electron chi connectivity index (χ3n) is 4.26. The minimum absolute atomic E-state index is 0.101. The van der Waals surface area contributed by atoms with E-state index in [9.17, 15) is 9.59 Å². The maximum Gasteiger partial charge on any atom is 0.318 e. The molecular formula is C18H23N5O2. The van der Waals surface area contributed by atoms with Crippen molar-refractivity contribution in [2.45, 2.75) is 31.8 Å². The Morgan fingerprint density at radius 2 is 2.16 bits per heavy atom. The lowest BCUT2D eigenvalue weighted by Gasteiger charge is -2.21. The van der Waals surface area contributed by atoms with Crippen molar-refractivity contribution < 1.29 is 9.59 Å². The molecule has 1 fully saturated rings. The number of para-hydroxylation sites is 1. The van der Waals surface area contributed by atoms with Gasteiger partial charge in [0, 0.05) is 25.4 Å². The van der Waals surface area contributed by atoms with Gasteiger partial charge in [-0.05, 0) is 31.4 Å². The molecule has 1 atom stereocenters. The number of urea groups is 1. The summed E-state index contributed by atoms with van der Waals surface area (Å²) in [5.41, 5.74) is 1.89. The zero-order valence-corrected chi connectivity index (χ0v) is 14.3. The largest absolute Gasteiger partial charge is 0.354 e. The van der Waals surface area contributed by atoms with E-state index >= 15 is 0 Å². The summed E-state index contributed by atoms with van der Waals surface area (Å²) >= 11 is 0. The van der Waals surface area contributed by atoms with Crippen LogP contribution in [0.15, 0.2) is 42.7 Å². The summed E-state index contributed by atoms with van der Waals surface area (Å²) in [4.78, 5) is 25.9. The highest BCUT2D eigenvalue weighted by atomic mass is 16.2. The van der Waals surface area contributed by atoms with E-state index < -0.39 is 6.04 Å². The summed E-state index contributed by atoms with van der Waals surface area (Å²) in [6, 6.07) is 9.09. The Morgan fingerprint density at radius 3 is 2.96 bits per heavy atom. The van der Waals surface area contributed by atoms with E-state index in [0.29, 0.717) is 19.5 Å². The van der Waals surface area contributed by atoms with Crippen molar-refractivity contribution in [2.24, 2.45) is 0 Å². The fourth-order valence-electron chi connectivity index (χ4n) is 2.85. The third-order valence-corrected chi connectivity index (χ3v) is 4.26. The van der Waals surface area contributed by atoms with E-state index in [0.717, 1.165) is 24.1 Å². The molecule has 0 radical (unpaired) electrons. The maximum atomic E-state index is 12.4. The lowest BCUT2D eigenvalue weighted by Crippen LogP contribution is -2.49. The van der Waals surface area contributed by atoms with Crippen LogP contribution in [0.2, 0.25) is 0 Å². The molecule has 3 rings (SSSR count). The monoisotopic (exact) mass is 341 g/mol. The minimum Gasteiger partial charge on any atom is -0.354 e. The molecular weight excluding hydrogens is 318 g/mol. The van der Waals surface area contributed by atoms with Gasteiger partial charge in [-0.2, -0.15) is 5.10 Å². The first-order valence-electron chi connectivity index (χ1n) is 8.52. The molecule has 3 amide bonds. The van der Waals surface area contributed by atoms with Crippen molar-refractivity contribution in [3.8, 4) is 5.69 Å². The predicted octanol–water partition coefficient (Wildman–Crippen LogP) is 1.68. The standard InChI is InChI=1S/C18H23N5O2/c1-22(18(25)21-16-9-5-6-10-19-17(16)24)12-14-11-20-23(13-14)15-7-3-2-4-8-15/h2-4,7-8,11,13,16H,5-6,9-10,12H2,1H3,(H,19,24)(H,21,25)/t16-/m1/s1. The molecule has 1 saturated heterocycles. The lowest BCUT2D eigenvalue weighted by atomic mass is 10.1. The van der Waals surface area contributed by atoms with Crippen molar-refractivity contribution in [1.29, 1.82) is 0 Å². The van der Waals surface area contributed by atoms with E-state index in [2.05, 4.69) is 15.7 Å². The molecule has 25 heavy (non-hydrogen) atoms. The number of nitrogens with zero attached hydrogens (tertiary/aromatic N) is 3. The zero-order chi connectivity index (χ0) is 17.6. The molecule has 0 spiro atoms. The van der Waals surface area contributed by atoms with Gasteiger partial charge in [0.05, 0.1) is 18.4 Å². The number of hydrogen-bond donors (Lipinski definition) is 2. The van der Waals surface area contributed by atoms with Crippen LogP contribution in [0.4, 0.5) is 4.79 Å². The number of rotatable bonds is 4. The number of amides is 3. The zero-order valence-electron chi connectivity index (χ0n) is 14.3. The summed E-state index contributed by atoms with van der Waals surface area (Å²) in [5, 5.41) is 9.97. The van der Waals surface area contributed by atoms with Gasteiger partial charge in [-0.25, -0.2) is 9.48 Å². The molecule has 2 heterocycles. The van der Waals surface area contributed by atoms with Crippen LogP contribution in [0.3, 0.4) is 0 Å². The summed E-state index contributed by atoms with van der Waals surface area (Å²) < 4.78 is 1.78. The smallest absolute Gasteiger partial charge is 0.318 e. The van der Waals surface area contributed by atoms with Crippen LogP contribution in [0.25, 0.3) is 5.69 Å². The van der Waals surface area contributed by atoms with Gasteiger partial charge in [0.2, 0.25) is 5.91 Å². The van der Waals surface area contributed by atoms with Crippen LogP contribution < -0.4 is 10.6 Å². The Morgan fingerprint density at radius 1 is 1.36 bits per heavy atom. The second kappa shape index (κ2) is 7.83. The van der Waals surface area contributed by atoms with Gasteiger partial charge in [-0.3, -0.25) is 4.79 Å². The van der Waals surface area contributed by atoms with Crippen LogP contribution in [-0.2, 0) is 11.3 Å². The number of carbonyl (C=O) groups is 2. The van der Waals surface area contributed by atoms with Gasteiger partial charge in [0.25, 0.3) is 0 Å². The van der Waals surface area contributed by atoms with Gasteiger partial charge in [-0.1, -0.05) is 18.2 Å². The Kier molecular flexibility index (Phi) is 5.33. The summed E-state index contributed by atoms with van der Waals surface area (Å²) in [7, 11) is 1.71. The van der Waals surface area contributed by atoms with Crippen LogP contribution >= 0.6 is 0 Å². The van der Waals surface area contributed by atoms with E-state index in [4.69, 9.17) is 0 Å². The lowest BCUT2D eigenvalue weighted by molar-refractivity contribution is -0.122. The molecule has 0 bridgehead atoms. The molecule has 2 N–H and O–H groups in total. The van der Waals surface area contributed by atoms with Crippen molar-refractivity contribution in [3.63, 3.8) is 0 Å². The van der Waals surface area contributed by atoms with E-state index in [1.165, 1.54) is 0 Å². The minimum atomic E-state index is -0.454. The van der Waals surface area contributed by atoms with E-state index in [-0.39, 0.29) is 11.9 Å². The van der Waals surface area contributed by atoms with Crippen LogP contribution in [0, 0.1) is 0 Å². The fraction of sp³-hybridized carbons (Fsp3) is 0.389. The highest BCUT2D eigenvalue weighted by molar-refractivity contribution is 5.87. The quantitative estimate of drug-likeness (QED) is 0.888. The van der Waals surface area contributed by atoms with Crippen LogP contribution in [-0.4, -0.2) is 46.3 Å². The molecule has 1 aliphatic heterocycles. The Balaban J connectivity index is 1.58. The number of benzene rings is 1. The fourth-order valence-corrected chi connectivity index (χ4v) is 2.85. The average Bonchev–Trinajstić information content (AvgIpc) is 3.00. The first kappa shape index (κ1) is 17.0. The normalized spacial score (nSPS) is 17.5. The third kappa shape index (κ3) is 4.37. The number of hydrogen-bond acceptors (Lipinski definition) is 3. The molecule has 0 unspecified atom stereocenters. The predicted molar refractivity (Wildman–Crippen MR) is 94.2 cm³/mol. The molecule has 2 aromatic rings. The first-order chi connectivity index (χ1) is 12.1. The Labute approximate surface area is 147 Å². The van der Waals surface area contributed by atoms with E-state index in [1.54, 1.807) is 22.8 Å². The van der Waals surface area contributed by atoms with Crippen LogP contribution in [0.5, 0.6) is 0 Å². The molecule has 132 valence electrons. The number of nitrogens with one attached hydrogen (secondary N) is 2. The van der Waals surface area contributed by atoms with Crippen molar-refractivity contribution in [2.75, 3.05) is 13.6 Å². The van der Waals surface area contributed by atoms with E-state index in [1.807, 2.05) is 36.5 Å². The summed E-state index contributed by atoms with van der Waals surface area (Å²) in [6.07, 6.45) is 6.20. The molecule has 7 nitrogen and oxygen atoms in total. The highest BCUT2D eigenvalue weighted by Crippen LogP contribution is 2.10. The molecule has 0 saturated carbocycles. The van der Waals surface area contributed by atoms with Crippen molar-refractivity contribution >= 4 is 11.9 Å². The van der Waals surface area contributed by atoms with Gasteiger partial charge in [-0.15, -0.1) is 0 Å². The molecule has 7 heteroatoms. The molecule has 0 aliphatic carbocycles. The van der Waals surface area contributed by atoms with Crippen molar-refractivity contribution in [1.82, 2.24) is 25.3 Å². The average molecular weight is 341 g/mol. The SMILES string of the molecule is CN(Cc1cnn(-c2ccccc2)c1)C(=O)N[C@@H]1CCCCNC1=O. The summed E-state index contributed by atoms with van der Waals surface area (Å²) in [6.45, 7) is 1.10. The topological polar surface area (TPSA) is 79.3 Å². The second-order valence-electron chi connectivity index (χ2n) is 6.27. The number of aromatic nitrogens is 2. The van der Waals surface area contributed by atoms with Crippen LogP contribution in [0.1, 0.15) is 24.8 Å². The summed E-state index contributed by atoms with van der Waals surface area (Å²) in [5.74, 6) is -0.101. The second-order valence-corrected chi connectivity index (χ2v) is 6.27. The maximum absolute atomic E-state index is 12.4. The first-order valence-corrected chi connectivity index (χ1v) is 8.52. The molecule has 1 aromatic carbocycles. The van der Waals surface area contributed by atoms with Gasteiger partial charge < -0.3 is 15.5 Å². The Hall–Kier alpha value is -2.83. The molecule has 1 aliphatic rings. The van der Waals surface area contributed by atoms with Crippen molar-refractivity contribution in [3.05, 3.63) is 48.3 Å². The van der Waals surface area contributed by atoms with Gasteiger partial charge in [0.1, 0.15) is 6.04 Å². The number of carbonyl (C=O) groups excluding carboxylic acids is 2.